The maximum absolute atomic E-state index is 2.53. The Balaban J connectivity index is 1.09. The topological polar surface area (TPSA) is 3.24 Å². The van der Waals surface area contributed by atoms with Gasteiger partial charge in [0, 0.05) is 27.9 Å². The minimum Gasteiger partial charge on any atom is -0.310 e. The van der Waals surface area contributed by atoms with Crippen LogP contribution in [-0.2, 0) is 10.8 Å². The van der Waals surface area contributed by atoms with E-state index in [9.17, 15) is 0 Å². The maximum atomic E-state index is 2.53. The second kappa shape index (κ2) is 14.0. The minimum absolute atomic E-state index is 0.0596. The van der Waals surface area contributed by atoms with Gasteiger partial charge in [-0.25, -0.2) is 0 Å². The van der Waals surface area contributed by atoms with Gasteiger partial charge in [0.05, 0.1) is 0 Å². The van der Waals surface area contributed by atoms with Gasteiger partial charge in [0.15, 0.2) is 0 Å². The van der Waals surface area contributed by atoms with Crippen molar-refractivity contribution in [2.45, 2.75) is 101 Å². The number of rotatable bonds is 7. The van der Waals surface area contributed by atoms with Crippen LogP contribution in [0.5, 0.6) is 0 Å². The fourth-order valence-electron chi connectivity index (χ4n) is 11.7. The summed E-state index contributed by atoms with van der Waals surface area (Å²) in [6.45, 7) is 4.80. The Morgan fingerprint density at radius 2 is 1.15 bits per heavy atom. The van der Waals surface area contributed by atoms with Crippen LogP contribution in [0.15, 0.2) is 146 Å². The van der Waals surface area contributed by atoms with Gasteiger partial charge in [-0.3, -0.25) is 0 Å². The summed E-state index contributed by atoms with van der Waals surface area (Å²) in [7, 11) is 0. The van der Waals surface area contributed by atoms with Crippen LogP contribution in [-0.4, -0.2) is 0 Å². The third-order valence-corrected chi connectivity index (χ3v) is 14.6. The second-order valence-electron chi connectivity index (χ2n) is 17.9. The summed E-state index contributed by atoms with van der Waals surface area (Å²) >= 11 is 0. The second-order valence-corrected chi connectivity index (χ2v) is 17.9. The van der Waals surface area contributed by atoms with Crippen LogP contribution in [0.4, 0.5) is 17.1 Å². The van der Waals surface area contributed by atoms with Crippen molar-refractivity contribution in [2.75, 3.05) is 4.90 Å². The molecule has 3 atom stereocenters. The average molecular weight is 718 g/mol. The summed E-state index contributed by atoms with van der Waals surface area (Å²) in [4.78, 5) is 2.53. The van der Waals surface area contributed by atoms with Gasteiger partial charge in [0.25, 0.3) is 0 Å². The summed E-state index contributed by atoms with van der Waals surface area (Å²) in [6.07, 6.45) is 14.7. The molecule has 4 aliphatic carbocycles. The van der Waals surface area contributed by atoms with Crippen LogP contribution in [0.1, 0.15) is 118 Å². The molecule has 0 radical (unpaired) electrons. The van der Waals surface area contributed by atoms with Gasteiger partial charge in [-0.2, -0.15) is 0 Å². The third-order valence-electron chi connectivity index (χ3n) is 14.6. The Morgan fingerprint density at radius 1 is 0.509 bits per heavy atom. The van der Waals surface area contributed by atoms with E-state index in [1.165, 1.54) is 138 Å². The first-order chi connectivity index (χ1) is 27.0. The van der Waals surface area contributed by atoms with Gasteiger partial charge >= 0.3 is 0 Å². The molecule has 6 aromatic carbocycles. The van der Waals surface area contributed by atoms with Crippen molar-refractivity contribution in [3.8, 4) is 22.3 Å². The molecule has 4 aliphatic rings. The SMILES string of the molecule is CC1(C)c2ccc(N(c3ccc(C4CC5CCC4C5)cc3)c3ccc(C4(c5ccccc5)CCCCCCC4)cc3)cc2-c2c(-c3ccccc3)cccc21. The fourth-order valence-corrected chi connectivity index (χ4v) is 11.7. The summed E-state index contributed by atoms with van der Waals surface area (Å²) in [5, 5.41) is 0. The molecule has 3 fully saturated rings. The highest BCUT2D eigenvalue weighted by Gasteiger charge is 2.41. The molecule has 0 aliphatic heterocycles. The monoisotopic (exact) mass is 717 g/mol. The molecule has 10 rings (SSSR count). The van der Waals surface area contributed by atoms with E-state index >= 15 is 0 Å². The van der Waals surface area contributed by atoms with Gasteiger partial charge in [-0.05, 0) is 136 Å². The van der Waals surface area contributed by atoms with E-state index in [1.807, 2.05) is 0 Å². The lowest BCUT2D eigenvalue weighted by atomic mass is 9.67. The normalized spacial score (nSPS) is 22.0. The van der Waals surface area contributed by atoms with Gasteiger partial charge < -0.3 is 4.90 Å². The number of anilines is 3. The van der Waals surface area contributed by atoms with Crippen molar-refractivity contribution >= 4 is 17.1 Å². The summed E-state index contributed by atoms with van der Waals surface area (Å²) in [6, 6.07) is 56.1. The molecule has 2 bridgehead atoms. The van der Waals surface area contributed by atoms with Crippen LogP contribution in [0.25, 0.3) is 22.3 Å². The molecule has 3 saturated carbocycles. The van der Waals surface area contributed by atoms with E-state index in [4.69, 9.17) is 0 Å². The smallest absolute Gasteiger partial charge is 0.0468 e. The van der Waals surface area contributed by atoms with Gasteiger partial charge in [-0.15, -0.1) is 0 Å². The molecule has 0 heterocycles. The molecule has 55 heavy (non-hydrogen) atoms. The van der Waals surface area contributed by atoms with Gasteiger partial charge in [-0.1, -0.05) is 162 Å². The molecular weight excluding hydrogens is 663 g/mol. The van der Waals surface area contributed by atoms with Crippen molar-refractivity contribution in [2.24, 2.45) is 11.8 Å². The molecule has 0 N–H and O–H groups in total. The first-order valence-electron chi connectivity index (χ1n) is 21.4. The van der Waals surface area contributed by atoms with Crippen LogP contribution in [0.3, 0.4) is 0 Å². The van der Waals surface area contributed by atoms with E-state index in [0.29, 0.717) is 0 Å². The Kier molecular flexibility index (Phi) is 8.81. The molecule has 3 unspecified atom stereocenters. The first kappa shape index (κ1) is 34.6. The molecule has 0 amide bonds. The third kappa shape index (κ3) is 5.97. The molecule has 0 saturated heterocycles. The van der Waals surface area contributed by atoms with E-state index in [1.54, 1.807) is 0 Å². The van der Waals surface area contributed by atoms with Crippen molar-refractivity contribution in [1.82, 2.24) is 0 Å². The largest absolute Gasteiger partial charge is 0.310 e. The Morgan fingerprint density at radius 3 is 1.82 bits per heavy atom. The number of hydrogen-bond acceptors (Lipinski definition) is 1. The predicted octanol–water partition coefficient (Wildman–Crippen LogP) is 15.1. The summed E-state index contributed by atoms with van der Waals surface area (Å²) < 4.78 is 0. The maximum Gasteiger partial charge on any atom is 0.0468 e. The highest BCUT2D eigenvalue weighted by molar-refractivity contribution is 5.94. The van der Waals surface area contributed by atoms with E-state index < -0.39 is 0 Å². The molecular formula is C54H55N. The van der Waals surface area contributed by atoms with Gasteiger partial charge in [0.2, 0.25) is 0 Å². The molecule has 0 spiro atoms. The van der Waals surface area contributed by atoms with Crippen molar-refractivity contribution < 1.29 is 0 Å². The van der Waals surface area contributed by atoms with Crippen molar-refractivity contribution in [3.05, 3.63) is 173 Å². The molecule has 6 aromatic rings. The Bertz CT molecular complexity index is 2270. The van der Waals surface area contributed by atoms with Crippen LogP contribution >= 0.6 is 0 Å². The number of benzene rings is 6. The van der Waals surface area contributed by atoms with Crippen LogP contribution in [0.2, 0.25) is 0 Å². The van der Waals surface area contributed by atoms with E-state index in [2.05, 4.69) is 164 Å². The lowest BCUT2D eigenvalue weighted by Gasteiger charge is -2.37. The zero-order valence-corrected chi connectivity index (χ0v) is 32.8. The summed E-state index contributed by atoms with van der Waals surface area (Å²) in [5.74, 6) is 2.55. The standard InChI is InChI=1S/C54H55N/c1-53(2)50-32-31-46(37-49(50)52-47(19-14-20-51(52)53)39-15-8-6-9-16-39)55(44-27-23-40(24-28-44)48-36-38-21-22-41(48)35-38)45-29-25-43(26-30-45)54(42-17-10-7-11-18-42)33-12-4-3-5-13-34-54/h6-11,14-20,23-32,37-38,41,48H,3-5,12-13,21-22,33-36H2,1-2H3. The van der Waals surface area contributed by atoms with Crippen molar-refractivity contribution in [1.29, 1.82) is 0 Å². The van der Waals surface area contributed by atoms with Crippen molar-refractivity contribution in [3.63, 3.8) is 0 Å². The highest BCUT2D eigenvalue weighted by Crippen LogP contribution is 2.55. The fraction of sp³-hybridized carbons (Fsp3) is 0.333. The number of nitrogens with zero attached hydrogens (tertiary/aromatic N) is 1. The van der Waals surface area contributed by atoms with Crippen LogP contribution in [0, 0.1) is 11.8 Å². The van der Waals surface area contributed by atoms with Crippen LogP contribution < -0.4 is 4.90 Å². The molecule has 1 heteroatoms. The summed E-state index contributed by atoms with van der Waals surface area (Å²) in [5.41, 5.74) is 16.3. The zero-order chi connectivity index (χ0) is 37.0. The molecule has 276 valence electrons. The minimum atomic E-state index is -0.0773. The molecule has 0 aromatic heterocycles. The highest BCUT2D eigenvalue weighted by atomic mass is 15.1. The molecule has 1 nitrogen and oxygen atoms in total. The van der Waals surface area contributed by atoms with E-state index in [0.717, 1.165) is 17.8 Å². The predicted molar refractivity (Wildman–Crippen MR) is 232 cm³/mol. The average Bonchev–Trinajstić information content (AvgIpc) is 3.92. The number of fused-ring (bicyclic) bond motifs is 5. The lowest BCUT2D eigenvalue weighted by Crippen LogP contribution is -2.29. The lowest BCUT2D eigenvalue weighted by molar-refractivity contribution is 0.366. The quantitative estimate of drug-likeness (QED) is 0.159. The van der Waals surface area contributed by atoms with E-state index in [-0.39, 0.29) is 10.8 Å². The Hall–Kier alpha value is -4.88. The Labute approximate surface area is 329 Å². The zero-order valence-electron chi connectivity index (χ0n) is 32.8. The van der Waals surface area contributed by atoms with Gasteiger partial charge in [0.1, 0.15) is 0 Å². The first-order valence-corrected chi connectivity index (χ1v) is 21.4. The number of hydrogen-bond donors (Lipinski definition) is 0.